The SMILES string of the molecule is COc1ccc2cc(C(C)Nc3ccc(C#N)n(C)c3=O)c(=O)[nH]c2c1Cl. The van der Waals surface area contributed by atoms with Crippen molar-refractivity contribution < 1.29 is 4.74 Å². The number of H-pyrrole nitrogens is 1. The zero-order chi connectivity index (χ0) is 19.7. The number of hydrogen-bond donors (Lipinski definition) is 2. The van der Waals surface area contributed by atoms with E-state index in [-0.39, 0.29) is 16.8 Å². The first-order chi connectivity index (χ1) is 12.9. The van der Waals surface area contributed by atoms with Crippen LogP contribution >= 0.6 is 11.6 Å². The largest absolute Gasteiger partial charge is 0.495 e. The predicted octanol–water partition coefficient (Wildman–Crippen LogP) is 2.93. The summed E-state index contributed by atoms with van der Waals surface area (Å²) >= 11 is 6.26. The third-order valence-corrected chi connectivity index (χ3v) is 4.80. The van der Waals surface area contributed by atoms with Gasteiger partial charge in [-0.3, -0.25) is 9.59 Å². The average Bonchev–Trinajstić information content (AvgIpc) is 2.66. The first kappa shape index (κ1) is 18.5. The Morgan fingerprint density at radius 3 is 2.70 bits per heavy atom. The summed E-state index contributed by atoms with van der Waals surface area (Å²) in [7, 11) is 3.03. The second-order valence-corrected chi connectivity index (χ2v) is 6.45. The Kier molecular flexibility index (Phi) is 4.93. The van der Waals surface area contributed by atoms with E-state index < -0.39 is 6.04 Å². The molecule has 0 radical (unpaired) electrons. The number of fused-ring (bicyclic) bond motifs is 1. The van der Waals surface area contributed by atoms with E-state index >= 15 is 0 Å². The molecule has 2 heterocycles. The van der Waals surface area contributed by atoms with E-state index in [0.717, 1.165) is 5.39 Å². The molecule has 138 valence electrons. The number of aromatic nitrogens is 2. The highest BCUT2D eigenvalue weighted by Gasteiger charge is 2.16. The molecule has 0 saturated heterocycles. The van der Waals surface area contributed by atoms with Crippen LogP contribution in [0.5, 0.6) is 5.75 Å². The summed E-state index contributed by atoms with van der Waals surface area (Å²) < 4.78 is 6.42. The van der Waals surface area contributed by atoms with Gasteiger partial charge in [-0.05, 0) is 37.3 Å². The zero-order valence-corrected chi connectivity index (χ0v) is 15.7. The third kappa shape index (κ3) is 3.27. The molecule has 0 fully saturated rings. The van der Waals surface area contributed by atoms with Crippen molar-refractivity contribution >= 4 is 28.2 Å². The van der Waals surface area contributed by atoms with Gasteiger partial charge in [-0.2, -0.15) is 5.26 Å². The molecule has 0 bridgehead atoms. The van der Waals surface area contributed by atoms with Gasteiger partial charge in [0.25, 0.3) is 11.1 Å². The Balaban J connectivity index is 2.02. The lowest BCUT2D eigenvalue weighted by Gasteiger charge is -2.16. The van der Waals surface area contributed by atoms with Crippen LogP contribution in [-0.2, 0) is 7.05 Å². The Bertz CT molecular complexity index is 1190. The summed E-state index contributed by atoms with van der Waals surface area (Å²) in [6.45, 7) is 1.78. The van der Waals surface area contributed by atoms with Gasteiger partial charge < -0.3 is 19.6 Å². The lowest BCUT2D eigenvalue weighted by Crippen LogP contribution is -2.26. The molecule has 27 heavy (non-hydrogen) atoms. The van der Waals surface area contributed by atoms with Crippen LogP contribution in [0, 0.1) is 11.3 Å². The first-order valence-electron chi connectivity index (χ1n) is 8.13. The summed E-state index contributed by atoms with van der Waals surface area (Å²) in [6, 6.07) is 9.84. The van der Waals surface area contributed by atoms with Gasteiger partial charge in [0.05, 0.1) is 18.7 Å². The molecule has 0 saturated carbocycles. The van der Waals surface area contributed by atoms with E-state index in [1.807, 2.05) is 6.07 Å². The number of hydrogen-bond acceptors (Lipinski definition) is 5. The molecule has 3 rings (SSSR count). The van der Waals surface area contributed by atoms with Gasteiger partial charge in [-0.15, -0.1) is 0 Å². The Morgan fingerprint density at radius 1 is 1.30 bits per heavy atom. The van der Waals surface area contributed by atoms with Gasteiger partial charge in [0.15, 0.2) is 0 Å². The van der Waals surface area contributed by atoms with Crippen LogP contribution in [-0.4, -0.2) is 16.7 Å². The minimum atomic E-state index is -0.445. The van der Waals surface area contributed by atoms with Gasteiger partial charge in [0.1, 0.15) is 28.2 Å². The number of nitriles is 1. The second-order valence-electron chi connectivity index (χ2n) is 6.07. The fraction of sp³-hybridized carbons (Fsp3) is 0.211. The van der Waals surface area contributed by atoms with Crippen molar-refractivity contribution in [2.24, 2.45) is 7.05 Å². The van der Waals surface area contributed by atoms with E-state index in [0.29, 0.717) is 27.5 Å². The van der Waals surface area contributed by atoms with Gasteiger partial charge in [0.2, 0.25) is 0 Å². The minimum absolute atomic E-state index is 0.255. The number of benzene rings is 1. The maximum atomic E-state index is 12.5. The van der Waals surface area contributed by atoms with Crippen molar-refractivity contribution in [3.05, 3.63) is 67.3 Å². The highest BCUT2D eigenvalue weighted by atomic mass is 35.5. The fourth-order valence-corrected chi connectivity index (χ4v) is 3.18. The number of aromatic amines is 1. The monoisotopic (exact) mass is 384 g/mol. The zero-order valence-electron chi connectivity index (χ0n) is 15.0. The Morgan fingerprint density at radius 2 is 2.04 bits per heavy atom. The van der Waals surface area contributed by atoms with Crippen molar-refractivity contribution in [1.82, 2.24) is 9.55 Å². The van der Waals surface area contributed by atoms with E-state index in [2.05, 4.69) is 10.3 Å². The number of halogens is 1. The van der Waals surface area contributed by atoms with E-state index in [1.54, 1.807) is 31.2 Å². The fourth-order valence-electron chi connectivity index (χ4n) is 2.89. The van der Waals surface area contributed by atoms with Gasteiger partial charge in [-0.1, -0.05) is 11.6 Å². The molecule has 2 N–H and O–H groups in total. The molecule has 3 aromatic rings. The molecule has 0 spiro atoms. The molecule has 0 amide bonds. The minimum Gasteiger partial charge on any atom is -0.495 e. The molecule has 8 heteroatoms. The number of ether oxygens (including phenoxy) is 1. The number of rotatable bonds is 4. The van der Waals surface area contributed by atoms with Crippen LogP contribution in [0.1, 0.15) is 24.2 Å². The van der Waals surface area contributed by atoms with Crippen molar-refractivity contribution in [1.29, 1.82) is 5.26 Å². The highest BCUT2D eigenvalue weighted by Crippen LogP contribution is 2.31. The van der Waals surface area contributed by atoms with E-state index in [9.17, 15) is 9.59 Å². The second kappa shape index (κ2) is 7.17. The van der Waals surface area contributed by atoms with Crippen LogP contribution in [0.3, 0.4) is 0 Å². The maximum absolute atomic E-state index is 12.5. The average molecular weight is 385 g/mol. The molecular weight excluding hydrogens is 368 g/mol. The molecule has 2 aromatic heterocycles. The standard InChI is InChI=1S/C19H17ClN4O3/c1-10(22-14-6-5-12(9-21)24(2)19(14)26)13-8-11-4-7-15(27-3)16(20)17(11)23-18(13)25/h4-8,10,22H,1-3H3,(H,23,25). The lowest BCUT2D eigenvalue weighted by molar-refractivity contribution is 0.415. The van der Waals surface area contributed by atoms with Crippen LogP contribution in [0.15, 0.2) is 39.9 Å². The van der Waals surface area contributed by atoms with Crippen molar-refractivity contribution in [2.45, 2.75) is 13.0 Å². The number of nitrogens with zero attached hydrogens (tertiary/aromatic N) is 2. The van der Waals surface area contributed by atoms with E-state index in [1.165, 1.54) is 24.8 Å². The summed E-state index contributed by atoms with van der Waals surface area (Å²) in [4.78, 5) is 27.7. The molecule has 1 atom stereocenters. The number of nitrogens with one attached hydrogen (secondary N) is 2. The van der Waals surface area contributed by atoms with Gasteiger partial charge >= 0.3 is 0 Å². The molecule has 0 aliphatic carbocycles. The van der Waals surface area contributed by atoms with Crippen molar-refractivity contribution in [3.8, 4) is 11.8 Å². The van der Waals surface area contributed by atoms with Crippen LogP contribution in [0.2, 0.25) is 5.02 Å². The van der Waals surface area contributed by atoms with Gasteiger partial charge in [0, 0.05) is 18.0 Å². The number of anilines is 1. The normalized spacial score (nSPS) is 11.8. The molecule has 0 aliphatic rings. The summed E-state index contributed by atoms with van der Waals surface area (Å²) in [6.07, 6.45) is 0. The maximum Gasteiger partial charge on any atom is 0.274 e. The van der Waals surface area contributed by atoms with E-state index in [4.69, 9.17) is 21.6 Å². The molecule has 0 aliphatic heterocycles. The summed E-state index contributed by atoms with van der Waals surface area (Å²) in [5.41, 5.74) is 0.844. The smallest absolute Gasteiger partial charge is 0.274 e. The number of pyridine rings is 2. The number of methoxy groups -OCH3 is 1. The molecular formula is C19H17ClN4O3. The molecule has 1 aromatic carbocycles. The predicted molar refractivity (Wildman–Crippen MR) is 105 cm³/mol. The van der Waals surface area contributed by atoms with Crippen LogP contribution in [0.25, 0.3) is 10.9 Å². The molecule has 1 unspecified atom stereocenters. The van der Waals surface area contributed by atoms with Crippen LogP contribution < -0.4 is 21.2 Å². The van der Waals surface area contributed by atoms with Crippen LogP contribution in [0.4, 0.5) is 5.69 Å². The van der Waals surface area contributed by atoms with Crippen molar-refractivity contribution in [3.63, 3.8) is 0 Å². The lowest BCUT2D eigenvalue weighted by atomic mass is 10.1. The first-order valence-corrected chi connectivity index (χ1v) is 8.51. The molecule has 7 nitrogen and oxygen atoms in total. The Hall–Kier alpha value is -3.24. The topological polar surface area (TPSA) is 99.9 Å². The Labute approximate surface area is 159 Å². The highest BCUT2D eigenvalue weighted by molar-refractivity contribution is 6.36. The van der Waals surface area contributed by atoms with Crippen molar-refractivity contribution in [2.75, 3.05) is 12.4 Å². The quantitative estimate of drug-likeness (QED) is 0.720. The van der Waals surface area contributed by atoms with Gasteiger partial charge in [-0.25, -0.2) is 0 Å². The summed E-state index contributed by atoms with van der Waals surface area (Å²) in [5, 5.41) is 13.1. The summed E-state index contributed by atoms with van der Waals surface area (Å²) in [5.74, 6) is 0.472. The third-order valence-electron chi connectivity index (χ3n) is 4.43.